The highest BCUT2D eigenvalue weighted by Gasteiger charge is 2.36. The van der Waals surface area contributed by atoms with E-state index in [0.717, 1.165) is 0 Å². The molecule has 7 heteroatoms. The third kappa shape index (κ3) is 1.75. The van der Waals surface area contributed by atoms with Gasteiger partial charge in [-0.05, 0) is 6.08 Å². The van der Waals surface area contributed by atoms with E-state index < -0.39 is 16.3 Å². The minimum absolute atomic E-state index is 0.0812. The van der Waals surface area contributed by atoms with Crippen LogP contribution in [0.1, 0.15) is 0 Å². The van der Waals surface area contributed by atoms with Crippen molar-refractivity contribution in [1.29, 1.82) is 0 Å². The number of amidine groups is 1. The van der Waals surface area contributed by atoms with Crippen molar-refractivity contribution in [1.82, 2.24) is 4.72 Å². The number of hydrogen-bond acceptors (Lipinski definition) is 4. The summed E-state index contributed by atoms with van der Waals surface area (Å²) in [5, 5.41) is 0. The zero-order chi connectivity index (χ0) is 11.1. The van der Waals surface area contributed by atoms with E-state index >= 15 is 0 Å². The molecule has 3 N–H and O–H groups in total. The Morgan fingerprint density at radius 1 is 1.60 bits per heavy atom. The van der Waals surface area contributed by atoms with Gasteiger partial charge in [-0.15, -0.1) is 4.40 Å². The maximum atomic E-state index is 11.3. The molecule has 0 aromatic carbocycles. The molecule has 2 aliphatic rings. The Bertz CT molecular complexity index is 464. The topological polar surface area (TPSA) is 93.8 Å². The zero-order valence-corrected chi connectivity index (χ0v) is 8.86. The average Bonchev–Trinajstić information content (AvgIpc) is 2.15. The molecule has 1 aliphatic heterocycles. The van der Waals surface area contributed by atoms with Gasteiger partial charge in [-0.25, -0.2) is 0 Å². The normalized spacial score (nSPS) is 32.6. The second-order valence-corrected chi connectivity index (χ2v) is 4.64. The van der Waals surface area contributed by atoms with Gasteiger partial charge in [0.25, 0.3) is 0 Å². The molecule has 2 rings (SSSR count). The highest BCUT2D eigenvalue weighted by molar-refractivity contribution is 7.88. The van der Waals surface area contributed by atoms with Crippen molar-refractivity contribution < 1.29 is 13.2 Å². The van der Waals surface area contributed by atoms with Gasteiger partial charge in [-0.3, -0.25) is 0 Å². The van der Waals surface area contributed by atoms with Gasteiger partial charge >= 0.3 is 10.2 Å². The van der Waals surface area contributed by atoms with Crippen LogP contribution < -0.4 is 10.5 Å². The monoisotopic (exact) mass is 229 g/mol. The van der Waals surface area contributed by atoms with Gasteiger partial charge in [-0.2, -0.15) is 13.1 Å². The molecule has 6 nitrogen and oxygen atoms in total. The van der Waals surface area contributed by atoms with E-state index in [9.17, 15) is 8.42 Å². The fourth-order valence-corrected chi connectivity index (χ4v) is 2.68. The van der Waals surface area contributed by atoms with Crippen LogP contribution in [0.25, 0.3) is 0 Å². The summed E-state index contributed by atoms with van der Waals surface area (Å²) >= 11 is 0. The van der Waals surface area contributed by atoms with Crippen molar-refractivity contribution in [2.24, 2.45) is 16.0 Å². The number of hydrogen-bond donors (Lipinski definition) is 2. The summed E-state index contributed by atoms with van der Waals surface area (Å²) in [4.78, 5) is 0. The number of nitrogens with one attached hydrogen (secondary N) is 1. The number of rotatable bonds is 1. The maximum absolute atomic E-state index is 11.3. The number of allylic oxidation sites excluding steroid dienone is 2. The quantitative estimate of drug-likeness (QED) is 0.620. The number of nitrogens with two attached hydrogens (primary N) is 1. The van der Waals surface area contributed by atoms with Gasteiger partial charge in [-0.1, -0.05) is 12.2 Å². The molecule has 1 aliphatic carbocycles. The van der Waals surface area contributed by atoms with E-state index in [1.54, 1.807) is 18.2 Å². The first-order valence-corrected chi connectivity index (χ1v) is 5.77. The third-order valence-corrected chi connectivity index (χ3v) is 3.33. The predicted octanol–water partition coefficient (Wildman–Crippen LogP) is -0.723. The maximum Gasteiger partial charge on any atom is 0.322 e. The van der Waals surface area contributed by atoms with Gasteiger partial charge < -0.3 is 10.5 Å². The molecule has 1 heterocycles. The van der Waals surface area contributed by atoms with E-state index in [1.165, 1.54) is 7.11 Å². The lowest BCUT2D eigenvalue weighted by molar-refractivity contribution is 0.249. The lowest BCUT2D eigenvalue weighted by atomic mass is 9.93. The summed E-state index contributed by atoms with van der Waals surface area (Å²) in [6.45, 7) is 0. The summed E-state index contributed by atoms with van der Waals surface area (Å²) in [5.74, 6) is 0.343. The van der Waals surface area contributed by atoms with E-state index in [1.807, 2.05) is 0 Å². The summed E-state index contributed by atoms with van der Waals surface area (Å²) in [6.07, 6.45) is 5.25. The van der Waals surface area contributed by atoms with Crippen molar-refractivity contribution in [3.8, 4) is 0 Å². The molecular formula is C8H11N3O3S. The molecule has 2 atom stereocenters. The highest BCUT2D eigenvalue weighted by Crippen LogP contribution is 2.24. The number of fused-ring (bicyclic) bond motifs is 1. The minimum atomic E-state index is -3.69. The molecule has 15 heavy (non-hydrogen) atoms. The summed E-state index contributed by atoms with van der Waals surface area (Å²) < 4.78 is 33.4. The number of ether oxygens (including phenoxy) is 1. The first-order chi connectivity index (χ1) is 7.03. The Hall–Kier alpha value is -1.34. The first-order valence-electron chi connectivity index (χ1n) is 4.33. The SMILES string of the molecule is COC1=CC=CC2C(N)=NS(=O)(=O)NC12. The molecule has 0 aromatic heterocycles. The molecule has 0 saturated heterocycles. The molecular weight excluding hydrogens is 218 g/mol. The number of methoxy groups -OCH3 is 1. The van der Waals surface area contributed by atoms with Crippen LogP contribution in [0.15, 0.2) is 28.4 Å². The third-order valence-electron chi connectivity index (χ3n) is 2.32. The van der Waals surface area contributed by atoms with Gasteiger partial charge in [0.1, 0.15) is 11.6 Å². The van der Waals surface area contributed by atoms with Crippen molar-refractivity contribution in [3.05, 3.63) is 24.0 Å². The number of nitrogens with zero attached hydrogens (tertiary/aromatic N) is 1. The predicted molar refractivity (Wildman–Crippen MR) is 55.2 cm³/mol. The Balaban J connectivity index is 2.44. The fourth-order valence-electron chi connectivity index (χ4n) is 1.64. The van der Waals surface area contributed by atoms with E-state index in [4.69, 9.17) is 10.5 Å². The lowest BCUT2D eigenvalue weighted by Gasteiger charge is -2.30. The molecule has 0 aromatic rings. The van der Waals surface area contributed by atoms with Crippen LogP contribution in [0.3, 0.4) is 0 Å². The molecule has 0 bridgehead atoms. The van der Waals surface area contributed by atoms with Gasteiger partial charge in [0.15, 0.2) is 0 Å². The van der Waals surface area contributed by atoms with Crippen molar-refractivity contribution in [2.45, 2.75) is 6.04 Å². The zero-order valence-electron chi connectivity index (χ0n) is 8.04. The molecule has 2 unspecified atom stereocenters. The molecule has 82 valence electrons. The molecule has 0 saturated carbocycles. The largest absolute Gasteiger partial charge is 0.499 e. The van der Waals surface area contributed by atoms with E-state index in [0.29, 0.717) is 5.76 Å². The highest BCUT2D eigenvalue weighted by atomic mass is 32.2. The van der Waals surface area contributed by atoms with Crippen LogP contribution in [0.2, 0.25) is 0 Å². The first kappa shape index (κ1) is 10.2. The standard InChI is InChI=1S/C8H11N3O3S/c1-14-6-4-2-3-5-7(6)10-15(12,13)11-8(5)9/h2-5,7,10H,1H3,(H2,9,11). The van der Waals surface area contributed by atoms with E-state index in [-0.39, 0.29) is 11.8 Å². The molecule has 0 amide bonds. The van der Waals surface area contributed by atoms with Crippen LogP contribution in [0, 0.1) is 5.92 Å². The van der Waals surface area contributed by atoms with Crippen LogP contribution in [0.5, 0.6) is 0 Å². The smallest absolute Gasteiger partial charge is 0.322 e. The summed E-state index contributed by atoms with van der Waals surface area (Å²) in [5.41, 5.74) is 5.58. The van der Waals surface area contributed by atoms with Gasteiger partial charge in [0.05, 0.1) is 19.1 Å². The molecule has 0 spiro atoms. The van der Waals surface area contributed by atoms with Gasteiger partial charge in [0, 0.05) is 0 Å². The van der Waals surface area contributed by atoms with Crippen LogP contribution in [0.4, 0.5) is 0 Å². The molecule has 0 radical (unpaired) electrons. The summed E-state index contributed by atoms with van der Waals surface area (Å²) in [6, 6.07) is -0.484. The van der Waals surface area contributed by atoms with Crippen molar-refractivity contribution in [2.75, 3.05) is 7.11 Å². The second-order valence-electron chi connectivity index (χ2n) is 3.27. The van der Waals surface area contributed by atoms with Crippen molar-refractivity contribution in [3.63, 3.8) is 0 Å². The average molecular weight is 229 g/mol. The van der Waals surface area contributed by atoms with Crippen LogP contribution in [-0.4, -0.2) is 27.4 Å². The Morgan fingerprint density at radius 3 is 3.00 bits per heavy atom. The molecule has 0 fully saturated rings. The summed E-state index contributed by atoms with van der Waals surface area (Å²) in [7, 11) is -2.20. The Labute approximate surface area is 87.7 Å². The lowest BCUT2D eigenvalue weighted by Crippen LogP contribution is -2.50. The minimum Gasteiger partial charge on any atom is -0.499 e. The van der Waals surface area contributed by atoms with Gasteiger partial charge in [0.2, 0.25) is 0 Å². The van der Waals surface area contributed by atoms with Crippen LogP contribution >= 0.6 is 0 Å². The van der Waals surface area contributed by atoms with Crippen molar-refractivity contribution >= 4 is 16.0 Å². The van der Waals surface area contributed by atoms with E-state index in [2.05, 4.69) is 9.12 Å². The Morgan fingerprint density at radius 2 is 2.33 bits per heavy atom. The Kier molecular flexibility index (Phi) is 2.28. The second kappa shape index (κ2) is 3.35. The van der Waals surface area contributed by atoms with Crippen LogP contribution in [-0.2, 0) is 14.9 Å². The fraction of sp³-hybridized carbons (Fsp3) is 0.375.